The fourth-order valence-electron chi connectivity index (χ4n) is 2.54. The number of unbranched alkanes of at least 4 members (excludes halogenated alkanes) is 9. The molecule has 2 unspecified atom stereocenters. The summed E-state index contributed by atoms with van der Waals surface area (Å²) in [6, 6.07) is 0. The van der Waals surface area contributed by atoms with E-state index in [0.717, 1.165) is 6.42 Å². The fraction of sp³-hybridized carbons (Fsp3) is 1.00. The van der Waals surface area contributed by atoms with E-state index in [2.05, 4.69) is 13.8 Å². The molecule has 0 aliphatic carbocycles. The van der Waals surface area contributed by atoms with E-state index in [1.807, 2.05) is 6.92 Å². The molecular weight excluding hydrogens is 234 g/mol. The highest BCUT2D eigenvalue weighted by Gasteiger charge is 2.25. The van der Waals surface area contributed by atoms with Crippen molar-refractivity contribution in [3.05, 3.63) is 0 Å². The Morgan fingerprint density at radius 3 is 1.68 bits per heavy atom. The fourth-order valence-corrected chi connectivity index (χ4v) is 2.54. The van der Waals surface area contributed by atoms with Crippen LogP contribution in [-0.2, 0) is 0 Å². The monoisotopic (exact) mass is 271 g/mol. The van der Waals surface area contributed by atoms with Crippen LogP contribution in [0.3, 0.4) is 0 Å². The van der Waals surface area contributed by atoms with Gasteiger partial charge in [-0.2, -0.15) is 0 Å². The van der Waals surface area contributed by atoms with Crippen molar-refractivity contribution in [3.63, 3.8) is 0 Å². The summed E-state index contributed by atoms with van der Waals surface area (Å²) in [4.78, 5) is 0. The van der Waals surface area contributed by atoms with E-state index in [4.69, 9.17) is 5.73 Å². The highest BCUT2D eigenvalue weighted by Crippen LogP contribution is 2.21. The van der Waals surface area contributed by atoms with E-state index in [1.165, 1.54) is 64.2 Å². The van der Waals surface area contributed by atoms with E-state index in [1.54, 1.807) is 0 Å². The Balaban J connectivity index is 3.27. The quantitative estimate of drug-likeness (QED) is 0.366. The van der Waals surface area contributed by atoms with Crippen molar-refractivity contribution in [1.29, 1.82) is 0 Å². The molecule has 0 bridgehead atoms. The summed E-state index contributed by atoms with van der Waals surface area (Å²) < 4.78 is 0. The first-order valence-electron chi connectivity index (χ1n) is 8.55. The molecule has 19 heavy (non-hydrogen) atoms. The van der Waals surface area contributed by atoms with Crippen LogP contribution < -0.4 is 5.73 Å². The molecule has 3 N–H and O–H groups in total. The van der Waals surface area contributed by atoms with Gasteiger partial charge in [0.15, 0.2) is 0 Å². The van der Waals surface area contributed by atoms with Crippen LogP contribution in [0.25, 0.3) is 0 Å². The van der Waals surface area contributed by atoms with Crippen molar-refractivity contribution in [3.8, 4) is 0 Å². The topological polar surface area (TPSA) is 46.2 Å². The number of rotatable bonds is 13. The smallest absolute Gasteiger partial charge is 0.115 e. The molecule has 0 aromatic heterocycles. The molecule has 0 aliphatic rings. The highest BCUT2D eigenvalue weighted by atomic mass is 16.3. The molecule has 0 aromatic carbocycles. The molecule has 0 radical (unpaired) electrons. The Morgan fingerprint density at radius 2 is 1.26 bits per heavy atom. The van der Waals surface area contributed by atoms with E-state index < -0.39 is 5.72 Å². The number of hydrogen-bond donors (Lipinski definition) is 2. The second-order valence-electron chi connectivity index (χ2n) is 6.22. The lowest BCUT2D eigenvalue weighted by molar-refractivity contribution is -0.0136. The lowest BCUT2D eigenvalue weighted by Crippen LogP contribution is -2.45. The van der Waals surface area contributed by atoms with Gasteiger partial charge in [-0.1, -0.05) is 85.0 Å². The third kappa shape index (κ3) is 10.4. The summed E-state index contributed by atoms with van der Waals surface area (Å²) in [7, 11) is 0. The zero-order valence-corrected chi connectivity index (χ0v) is 13.6. The Morgan fingerprint density at radius 1 is 0.842 bits per heavy atom. The van der Waals surface area contributed by atoms with Crippen LogP contribution in [0, 0.1) is 5.92 Å². The number of nitrogens with two attached hydrogens (primary N) is 1. The molecule has 116 valence electrons. The molecule has 0 rings (SSSR count). The SMILES string of the molecule is CCCCCCCCCCCCC(C)C(N)(O)CC. The Labute approximate surface area is 121 Å². The summed E-state index contributed by atoms with van der Waals surface area (Å²) in [5, 5.41) is 9.91. The second-order valence-corrected chi connectivity index (χ2v) is 6.22. The lowest BCUT2D eigenvalue weighted by atomic mass is 9.90. The predicted molar refractivity (Wildman–Crippen MR) is 85.1 cm³/mol. The van der Waals surface area contributed by atoms with Crippen LogP contribution >= 0.6 is 0 Å². The first-order valence-corrected chi connectivity index (χ1v) is 8.55. The van der Waals surface area contributed by atoms with Crippen LogP contribution in [0.15, 0.2) is 0 Å². The maximum absolute atomic E-state index is 9.91. The molecule has 0 saturated carbocycles. The predicted octanol–water partition coefficient (Wildman–Crippen LogP) is 4.99. The average molecular weight is 271 g/mol. The van der Waals surface area contributed by atoms with Gasteiger partial charge in [0.05, 0.1) is 0 Å². The largest absolute Gasteiger partial charge is 0.376 e. The van der Waals surface area contributed by atoms with Crippen molar-refractivity contribution in [1.82, 2.24) is 0 Å². The first kappa shape index (κ1) is 18.9. The normalized spacial score (nSPS) is 16.3. The first-order chi connectivity index (χ1) is 9.04. The van der Waals surface area contributed by atoms with Gasteiger partial charge in [-0.05, 0) is 18.8 Å². The Bertz CT molecular complexity index is 192. The minimum absolute atomic E-state index is 0.214. The van der Waals surface area contributed by atoms with Crippen molar-refractivity contribution in [2.45, 2.75) is 104 Å². The van der Waals surface area contributed by atoms with Gasteiger partial charge in [-0.15, -0.1) is 0 Å². The third-order valence-corrected chi connectivity index (χ3v) is 4.41. The van der Waals surface area contributed by atoms with Crippen LogP contribution in [0.4, 0.5) is 0 Å². The molecule has 2 nitrogen and oxygen atoms in total. The highest BCUT2D eigenvalue weighted by molar-refractivity contribution is 4.75. The molecule has 0 fully saturated rings. The summed E-state index contributed by atoms with van der Waals surface area (Å²) in [6.07, 6.45) is 15.3. The van der Waals surface area contributed by atoms with Crippen LogP contribution in [0.2, 0.25) is 0 Å². The van der Waals surface area contributed by atoms with Gasteiger partial charge < -0.3 is 10.8 Å². The van der Waals surface area contributed by atoms with Gasteiger partial charge in [0.1, 0.15) is 5.72 Å². The van der Waals surface area contributed by atoms with Crippen LogP contribution in [0.1, 0.15) is 97.8 Å². The summed E-state index contributed by atoms with van der Waals surface area (Å²) in [6.45, 7) is 6.29. The molecule has 0 heterocycles. The van der Waals surface area contributed by atoms with Crippen molar-refractivity contribution in [2.75, 3.05) is 0 Å². The van der Waals surface area contributed by atoms with Crippen molar-refractivity contribution < 1.29 is 5.11 Å². The van der Waals surface area contributed by atoms with E-state index >= 15 is 0 Å². The zero-order valence-electron chi connectivity index (χ0n) is 13.6. The minimum atomic E-state index is -0.959. The molecule has 0 aromatic rings. The van der Waals surface area contributed by atoms with Gasteiger partial charge >= 0.3 is 0 Å². The summed E-state index contributed by atoms with van der Waals surface area (Å²) in [5.41, 5.74) is 4.88. The number of hydrogen-bond acceptors (Lipinski definition) is 2. The van der Waals surface area contributed by atoms with E-state index in [-0.39, 0.29) is 5.92 Å². The second kappa shape index (κ2) is 11.7. The maximum atomic E-state index is 9.91. The lowest BCUT2D eigenvalue weighted by Gasteiger charge is -2.28. The molecule has 0 saturated heterocycles. The molecular formula is C17H37NO. The van der Waals surface area contributed by atoms with E-state index in [9.17, 15) is 5.11 Å². The minimum Gasteiger partial charge on any atom is -0.376 e. The van der Waals surface area contributed by atoms with E-state index in [0.29, 0.717) is 6.42 Å². The van der Waals surface area contributed by atoms with Gasteiger partial charge in [0, 0.05) is 0 Å². The molecule has 2 atom stereocenters. The van der Waals surface area contributed by atoms with Gasteiger partial charge in [-0.25, -0.2) is 0 Å². The van der Waals surface area contributed by atoms with Gasteiger partial charge in [-0.3, -0.25) is 0 Å². The van der Waals surface area contributed by atoms with Crippen molar-refractivity contribution in [2.24, 2.45) is 11.7 Å². The summed E-state index contributed by atoms with van der Waals surface area (Å²) in [5.74, 6) is 0.214. The number of aliphatic hydroxyl groups is 1. The Kier molecular flexibility index (Phi) is 11.7. The molecule has 0 aliphatic heterocycles. The molecule has 0 spiro atoms. The summed E-state index contributed by atoms with van der Waals surface area (Å²) >= 11 is 0. The van der Waals surface area contributed by atoms with Gasteiger partial charge in [0.25, 0.3) is 0 Å². The van der Waals surface area contributed by atoms with Gasteiger partial charge in [0.2, 0.25) is 0 Å². The third-order valence-electron chi connectivity index (χ3n) is 4.41. The molecule has 2 heteroatoms. The van der Waals surface area contributed by atoms with Crippen LogP contribution in [0.5, 0.6) is 0 Å². The van der Waals surface area contributed by atoms with Crippen LogP contribution in [-0.4, -0.2) is 10.8 Å². The van der Waals surface area contributed by atoms with Crippen molar-refractivity contribution >= 4 is 0 Å². The Hall–Kier alpha value is -0.0800. The molecule has 0 amide bonds. The standard InChI is InChI=1S/C17H37NO/c1-4-6-7-8-9-10-11-12-13-14-15-16(3)17(18,19)5-2/h16,19H,4-15,18H2,1-3H3. The average Bonchev–Trinajstić information content (AvgIpc) is 2.40. The maximum Gasteiger partial charge on any atom is 0.115 e. The zero-order chi connectivity index (χ0) is 14.6.